The molecule has 0 N–H and O–H groups in total. The highest BCUT2D eigenvalue weighted by Gasteiger charge is 2.04. The summed E-state index contributed by atoms with van der Waals surface area (Å²) in [6.07, 6.45) is 0. The molecule has 0 unspecified atom stereocenters. The van der Waals surface area contributed by atoms with Crippen molar-refractivity contribution in [1.82, 2.24) is 0 Å². The van der Waals surface area contributed by atoms with Gasteiger partial charge < -0.3 is 4.74 Å². The third-order valence-electron chi connectivity index (χ3n) is 2.74. The summed E-state index contributed by atoms with van der Waals surface area (Å²) < 4.78 is 5.69. The molecule has 0 atom stereocenters. The van der Waals surface area contributed by atoms with Crippen LogP contribution in [0.25, 0.3) is 0 Å². The van der Waals surface area contributed by atoms with Gasteiger partial charge in [0.2, 0.25) is 0 Å². The lowest BCUT2D eigenvalue weighted by Crippen LogP contribution is -1.97. The third kappa shape index (κ3) is 3.49. The maximum absolute atomic E-state index is 8.77. The zero-order valence-electron chi connectivity index (χ0n) is 10.9. The second kappa shape index (κ2) is 5.77. The van der Waals surface area contributed by atoms with Gasteiger partial charge in [0.25, 0.3) is 0 Å². The predicted molar refractivity (Wildman–Crippen MR) is 76.4 cm³/mol. The molecule has 0 bridgehead atoms. The monoisotopic (exact) mass is 271 g/mol. The first-order valence-corrected chi connectivity index (χ1v) is 6.36. The van der Waals surface area contributed by atoms with E-state index in [4.69, 9.17) is 21.6 Å². The Morgan fingerprint density at radius 3 is 2.37 bits per heavy atom. The van der Waals surface area contributed by atoms with Crippen LogP contribution in [0.2, 0.25) is 5.02 Å². The summed E-state index contributed by atoms with van der Waals surface area (Å²) in [5.41, 5.74) is 4.07. The molecule has 2 nitrogen and oxygen atoms in total. The normalized spacial score (nSPS) is 10.0. The van der Waals surface area contributed by atoms with Gasteiger partial charge in [-0.25, -0.2) is 0 Å². The van der Waals surface area contributed by atoms with Gasteiger partial charge in [0.05, 0.1) is 16.7 Å². The second-order valence-electron chi connectivity index (χ2n) is 4.54. The molecule has 2 aromatic carbocycles. The predicted octanol–water partition coefficient (Wildman–Crippen LogP) is 4.41. The van der Waals surface area contributed by atoms with Crippen LogP contribution < -0.4 is 4.74 Å². The second-order valence-corrected chi connectivity index (χ2v) is 4.95. The molecular formula is C16H14ClNO. The van der Waals surface area contributed by atoms with Gasteiger partial charge in [-0.15, -0.1) is 0 Å². The molecule has 0 aliphatic rings. The molecular weight excluding hydrogens is 258 g/mol. The summed E-state index contributed by atoms with van der Waals surface area (Å²) >= 11 is 6.06. The van der Waals surface area contributed by atoms with E-state index in [9.17, 15) is 0 Å². The summed E-state index contributed by atoms with van der Waals surface area (Å²) in [5, 5.41) is 9.23. The topological polar surface area (TPSA) is 33.0 Å². The van der Waals surface area contributed by atoms with E-state index < -0.39 is 0 Å². The van der Waals surface area contributed by atoms with Crippen LogP contribution >= 0.6 is 11.6 Å². The fraction of sp³-hybridized carbons (Fsp3) is 0.188. The van der Waals surface area contributed by atoms with E-state index in [2.05, 4.69) is 32.0 Å². The van der Waals surface area contributed by atoms with Crippen molar-refractivity contribution >= 4 is 11.6 Å². The van der Waals surface area contributed by atoms with Gasteiger partial charge in [0.1, 0.15) is 12.4 Å². The Morgan fingerprint density at radius 1 is 1.11 bits per heavy atom. The van der Waals surface area contributed by atoms with E-state index in [0.717, 1.165) is 5.56 Å². The molecule has 19 heavy (non-hydrogen) atoms. The number of benzene rings is 2. The van der Waals surface area contributed by atoms with Gasteiger partial charge in [-0.3, -0.25) is 0 Å². The number of rotatable bonds is 3. The minimum absolute atomic E-state index is 0.462. The minimum Gasteiger partial charge on any atom is -0.487 e. The van der Waals surface area contributed by atoms with Crippen LogP contribution in [0.4, 0.5) is 0 Å². The molecule has 3 heteroatoms. The van der Waals surface area contributed by atoms with Crippen LogP contribution in [0.1, 0.15) is 22.3 Å². The summed E-state index contributed by atoms with van der Waals surface area (Å²) in [5.74, 6) is 0.597. The summed E-state index contributed by atoms with van der Waals surface area (Å²) in [6, 6.07) is 13.4. The van der Waals surface area contributed by atoms with Crippen LogP contribution in [0, 0.1) is 25.2 Å². The van der Waals surface area contributed by atoms with Crippen LogP contribution in [0.3, 0.4) is 0 Å². The molecule has 2 aromatic rings. The molecule has 0 saturated carbocycles. The van der Waals surface area contributed by atoms with Crippen LogP contribution in [0.5, 0.6) is 5.75 Å². The molecule has 0 aliphatic heterocycles. The average molecular weight is 272 g/mol. The highest BCUT2D eigenvalue weighted by atomic mass is 35.5. The molecule has 0 spiro atoms. The highest BCUT2D eigenvalue weighted by Crippen LogP contribution is 2.26. The van der Waals surface area contributed by atoms with Gasteiger partial charge in [-0.05, 0) is 37.6 Å². The van der Waals surface area contributed by atoms with Gasteiger partial charge >= 0.3 is 0 Å². The van der Waals surface area contributed by atoms with Crippen LogP contribution in [-0.4, -0.2) is 0 Å². The number of aryl methyl sites for hydroxylation is 2. The molecule has 0 fully saturated rings. The van der Waals surface area contributed by atoms with E-state index in [0.29, 0.717) is 22.9 Å². The van der Waals surface area contributed by atoms with Crippen molar-refractivity contribution in [2.24, 2.45) is 0 Å². The van der Waals surface area contributed by atoms with Crippen molar-refractivity contribution < 1.29 is 4.74 Å². The lowest BCUT2D eigenvalue weighted by molar-refractivity contribution is 0.306. The van der Waals surface area contributed by atoms with Crippen molar-refractivity contribution in [3.63, 3.8) is 0 Å². The van der Waals surface area contributed by atoms with Crippen LogP contribution in [0.15, 0.2) is 36.4 Å². The molecule has 0 aromatic heterocycles. The van der Waals surface area contributed by atoms with Crippen LogP contribution in [-0.2, 0) is 6.61 Å². The number of hydrogen-bond donors (Lipinski definition) is 0. The fourth-order valence-corrected chi connectivity index (χ4v) is 2.24. The van der Waals surface area contributed by atoms with E-state index in [1.165, 1.54) is 11.1 Å². The molecule has 0 radical (unpaired) electrons. The van der Waals surface area contributed by atoms with E-state index in [-0.39, 0.29) is 0 Å². The largest absolute Gasteiger partial charge is 0.487 e. The Kier molecular flexibility index (Phi) is 4.09. The zero-order valence-corrected chi connectivity index (χ0v) is 11.7. The van der Waals surface area contributed by atoms with E-state index in [1.807, 2.05) is 6.07 Å². The smallest absolute Gasteiger partial charge is 0.138 e. The number of hydrogen-bond acceptors (Lipinski definition) is 2. The average Bonchev–Trinajstić information content (AvgIpc) is 2.36. The number of nitrogens with zero attached hydrogens (tertiary/aromatic N) is 1. The van der Waals surface area contributed by atoms with E-state index in [1.54, 1.807) is 18.2 Å². The standard InChI is InChI=1S/C16H14ClNO/c1-11-5-12(2)7-14(6-11)10-19-16-4-3-13(9-18)8-15(16)17/h3-8H,10H2,1-2H3. The third-order valence-corrected chi connectivity index (χ3v) is 3.03. The Bertz CT molecular complexity index is 623. The first-order chi connectivity index (χ1) is 9.08. The Labute approximate surface area is 118 Å². The van der Waals surface area contributed by atoms with E-state index >= 15 is 0 Å². The fourth-order valence-electron chi connectivity index (χ4n) is 2.00. The lowest BCUT2D eigenvalue weighted by atomic mass is 10.1. The van der Waals surface area contributed by atoms with Gasteiger partial charge in [-0.1, -0.05) is 40.9 Å². The lowest BCUT2D eigenvalue weighted by Gasteiger charge is -2.09. The first kappa shape index (κ1) is 13.5. The minimum atomic E-state index is 0.462. The highest BCUT2D eigenvalue weighted by molar-refractivity contribution is 6.32. The molecule has 2 rings (SSSR count). The van der Waals surface area contributed by atoms with Crippen molar-refractivity contribution in [1.29, 1.82) is 5.26 Å². The number of ether oxygens (including phenoxy) is 1. The summed E-state index contributed by atoms with van der Waals surface area (Å²) in [7, 11) is 0. The molecule has 96 valence electrons. The zero-order chi connectivity index (χ0) is 13.8. The first-order valence-electron chi connectivity index (χ1n) is 5.98. The maximum atomic E-state index is 8.77. The molecule has 0 amide bonds. The van der Waals surface area contributed by atoms with Crippen molar-refractivity contribution in [3.8, 4) is 11.8 Å². The van der Waals surface area contributed by atoms with Crippen molar-refractivity contribution in [2.75, 3.05) is 0 Å². The summed E-state index contributed by atoms with van der Waals surface area (Å²) in [4.78, 5) is 0. The summed E-state index contributed by atoms with van der Waals surface area (Å²) in [6.45, 7) is 4.59. The molecule has 0 aliphatic carbocycles. The Morgan fingerprint density at radius 2 is 1.79 bits per heavy atom. The maximum Gasteiger partial charge on any atom is 0.138 e. The van der Waals surface area contributed by atoms with Crippen molar-refractivity contribution in [3.05, 3.63) is 63.7 Å². The number of halogens is 1. The number of nitriles is 1. The van der Waals surface area contributed by atoms with Gasteiger partial charge in [0, 0.05) is 0 Å². The molecule has 0 saturated heterocycles. The van der Waals surface area contributed by atoms with Gasteiger partial charge in [0.15, 0.2) is 0 Å². The quantitative estimate of drug-likeness (QED) is 0.828. The Balaban J connectivity index is 2.12. The Hall–Kier alpha value is -1.98. The SMILES string of the molecule is Cc1cc(C)cc(COc2ccc(C#N)cc2Cl)c1. The van der Waals surface area contributed by atoms with Gasteiger partial charge in [-0.2, -0.15) is 5.26 Å². The van der Waals surface area contributed by atoms with Crippen molar-refractivity contribution in [2.45, 2.75) is 20.5 Å². The molecule has 0 heterocycles.